The molecule has 1 N–H and O–H groups in total. The van der Waals surface area contributed by atoms with Crippen molar-refractivity contribution in [1.82, 2.24) is 5.32 Å². The summed E-state index contributed by atoms with van der Waals surface area (Å²) in [6.07, 6.45) is 9.94. The van der Waals surface area contributed by atoms with Gasteiger partial charge in [0.25, 0.3) is 0 Å². The van der Waals surface area contributed by atoms with Gasteiger partial charge in [0.15, 0.2) is 0 Å². The van der Waals surface area contributed by atoms with Crippen LogP contribution in [-0.2, 0) is 0 Å². The van der Waals surface area contributed by atoms with E-state index in [2.05, 4.69) is 41.3 Å². The van der Waals surface area contributed by atoms with Gasteiger partial charge in [0.1, 0.15) is 0 Å². The zero-order valence-corrected chi connectivity index (χ0v) is 13.9. The third kappa shape index (κ3) is 3.82. The summed E-state index contributed by atoms with van der Waals surface area (Å²) in [4.78, 5) is 1.45. The van der Waals surface area contributed by atoms with Gasteiger partial charge in [-0.25, -0.2) is 0 Å². The van der Waals surface area contributed by atoms with Gasteiger partial charge in [-0.3, -0.25) is 0 Å². The first-order valence-corrected chi connectivity index (χ1v) is 8.74. The predicted molar refractivity (Wildman–Crippen MR) is 84.4 cm³/mol. The molecule has 0 aliphatic heterocycles. The highest BCUT2D eigenvalue weighted by Gasteiger charge is 2.20. The molecule has 102 valence electrons. The normalized spacial score (nSPS) is 19.7. The topological polar surface area (TPSA) is 12.0 Å². The second kappa shape index (κ2) is 7.06. The summed E-state index contributed by atoms with van der Waals surface area (Å²) in [5.41, 5.74) is 1.50. The molecule has 1 aromatic rings. The molecular weight excluding hydrogens is 306 g/mol. The lowest BCUT2D eigenvalue weighted by molar-refractivity contribution is 0.368. The number of rotatable bonds is 4. The van der Waals surface area contributed by atoms with Gasteiger partial charge >= 0.3 is 0 Å². The molecular formula is C15H24BrNS. The van der Waals surface area contributed by atoms with Crippen LogP contribution in [0, 0.1) is 12.8 Å². The fraction of sp³-hybridized carbons (Fsp3) is 0.733. The summed E-state index contributed by atoms with van der Waals surface area (Å²) in [5, 5.41) is 3.53. The van der Waals surface area contributed by atoms with Crippen LogP contribution in [0.25, 0.3) is 0 Å². The lowest BCUT2D eigenvalue weighted by Crippen LogP contribution is -2.20. The van der Waals surface area contributed by atoms with Crippen molar-refractivity contribution in [3.8, 4) is 0 Å². The van der Waals surface area contributed by atoms with Crippen LogP contribution in [0.5, 0.6) is 0 Å². The highest BCUT2D eigenvalue weighted by Crippen LogP contribution is 2.36. The Morgan fingerprint density at radius 1 is 1.33 bits per heavy atom. The lowest BCUT2D eigenvalue weighted by atomic mass is 9.90. The summed E-state index contributed by atoms with van der Waals surface area (Å²) >= 11 is 5.46. The molecule has 0 aromatic carbocycles. The van der Waals surface area contributed by atoms with Crippen molar-refractivity contribution >= 4 is 27.3 Å². The predicted octanol–water partition coefficient (Wildman–Crippen LogP) is 5.44. The summed E-state index contributed by atoms with van der Waals surface area (Å²) in [6.45, 7) is 2.24. The number of hydrogen-bond acceptors (Lipinski definition) is 2. The average molecular weight is 330 g/mol. The van der Waals surface area contributed by atoms with Crippen molar-refractivity contribution in [3.63, 3.8) is 0 Å². The number of nitrogens with one attached hydrogen (secondary N) is 1. The molecule has 1 aromatic heterocycles. The molecule has 1 aliphatic rings. The first-order valence-electron chi connectivity index (χ1n) is 7.13. The van der Waals surface area contributed by atoms with E-state index in [1.54, 1.807) is 0 Å². The van der Waals surface area contributed by atoms with Gasteiger partial charge in [0.05, 0.1) is 3.79 Å². The minimum absolute atomic E-state index is 0.538. The van der Waals surface area contributed by atoms with Gasteiger partial charge in [-0.1, -0.05) is 38.5 Å². The van der Waals surface area contributed by atoms with E-state index in [0.717, 1.165) is 5.92 Å². The minimum atomic E-state index is 0.538. The van der Waals surface area contributed by atoms with Crippen LogP contribution in [-0.4, -0.2) is 7.05 Å². The van der Waals surface area contributed by atoms with Crippen molar-refractivity contribution in [2.45, 2.75) is 57.9 Å². The van der Waals surface area contributed by atoms with E-state index >= 15 is 0 Å². The van der Waals surface area contributed by atoms with Crippen molar-refractivity contribution in [3.05, 3.63) is 20.3 Å². The van der Waals surface area contributed by atoms with Crippen LogP contribution in [0.15, 0.2) is 9.85 Å². The monoisotopic (exact) mass is 329 g/mol. The Balaban J connectivity index is 2.02. The molecule has 0 spiro atoms. The Morgan fingerprint density at radius 2 is 2.00 bits per heavy atom. The Kier molecular flexibility index (Phi) is 5.71. The summed E-state index contributed by atoms with van der Waals surface area (Å²) < 4.78 is 1.26. The maximum Gasteiger partial charge on any atom is 0.0704 e. The first kappa shape index (κ1) is 14.5. The van der Waals surface area contributed by atoms with Crippen molar-refractivity contribution in [2.75, 3.05) is 7.05 Å². The molecule has 1 saturated carbocycles. The maximum absolute atomic E-state index is 3.61. The molecule has 1 nitrogen and oxygen atoms in total. The fourth-order valence-corrected chi connectivity index (χ4v) is 4.91. The second-order valence-corrected chi connectivity index (χ2v) is 8.13. The first-order chi connectivity index (χ1) is 8.70. The Bertz CT molecular complexity index is 367. The minimum Gasteiger partial charge on any atom is -0.313 e. The van der Waals surface area contributed by atoms with E-state index < -0.39 is 0 Å². The zero-order chi connectivity index (χ0) is 13.0. The van der Waals surface area contributed by atoms with Gasteiger partial charge in [0, 0.05) is 10.9 Å². The van der Waals surface area contributed by atoms with Crippen molar-refractivity contribution < 1.29 is 0 Å². The standard InChI is InChI=1S/C15H24BrNS/c1-11-13(10-15(16)18-11)14(17-2)9-12-7-5-3-4-6-8-12/h10,12,14,17H,3-9H2,1-2H3. The van der Waals surface area contributed by atoms with Crippen molar-refractivity contribution in [1.29, 1.82) is 0 Å². The summed E-state index contributed by atoms with van der Waals surface area (Å²) in [6, 6.07) is 2.84. The van der Waals surface area contributed by atoms with E-state index in [4.69, 9.17) is 0 Å². The highest BCUT2D eigenvalue weighted by atomic mass is 79.9. The molecule has 1 atom stereocenters. The highest BCUT2D eigenvalue weighted by molar-refractivity contribution is 9.11. The van der Waals surface area contributed by atoms with Crippen LogP contribution in [0.4, 0.5) is 0 Å². The largest absolute Gasteiger partial charge is 0.313 e. The molecule has 0 amide bonds. The van der Waals surface area contributed by atoms with Gasteiger partial charge in [-0.15, -0.1) is 11.3 Å². The summed E-state index contributed by atoms with van der Waals surface area (Å²) in [7, 11) is 2.10. The Morgan fingerprint density at radius 3 is 2.50 bits per heavy atom. The van der Waals surface area contributed by atoms with Crippen LogP contribution in [0.1, 0.15) is 61.4 Å². The number of aryl methyl sites for hydroxylation is 1. The van der Waals surface area contributed by atoms with E-state index in [9.17, 15) is 0 Å². The van der Waals surface area contributed by atoms with E-state index in [-0.39, 0.29) is 0 Å². The molecule has 1 fully saturated rings. The molecule has 18 heavy (non-hydrogen) atoms. The molecule has 1 aliphatic carbocycles. The number of hydrogen-bond donors (Lipinski definition) is 1. The third-order valence-electron chi connectivity index (χ3n) is 4.19. The quantitative estimate of drug-likeness (QED) is 0.725. The molecule has 1 heterocycles. The molecule has 0 saturated heterocycles. The second-order valence-electron chi connectivity index (χ2n) is 5.50. The van der Waals surface area contributed by atoms with Crippen LogP contribution >= 0.6 is 27.3 Å². The molecule has 1 unspecified atom stereocenters. The zero-order valence-electron chi connectivity index (χ0n) is 11.5. The van der Waals surface area contributed by atoms with Crippen LogP contribution in [0.2, 0.25) is 0 Å². The van der Waals surface area contributed by atoms with E-state index in [1.165, 1.54) is 59.2 Å². The number of halogens is 1. The SMILES string of the molecule is CNC(CC1CCCCCC1)c1cc(Br)sc1C. The van der Waals surface area contributed by atoms with Gasteiger partial charge in [-0.05, 0) is 53.9 Å². The fourth-order valence-electron chi connectivity index (χ4n) is 3.14. The Labute approximate surface area is 123 Å². The van der Waals surface area contributed by atoms with Gasteiger partial charge < -0.3 is 5.32 Å². The Hall–Kier alpha value is 0.140. The lowest BCUT2D eigenvalue weighted by Gasteiger charge is -2.22. The summed E-state index contributed by atoms with van der Waals surface area (Å²) in [5.74, 6) is 0.919. The molecule has 0 radical (unpaired) electrons. The smallest absolute Gasteiger partial charge is 0.0704 e. The van der Waals surface area contributed by atoms with Crippen LogP contribution in [0.3, 0.4) is 0 Å². The molecule has 0 bridgehead atoms. The van der Waals surface area contributed by atoms with Gasteiger partial charge in [0.2, 0.25) is 0 Å². The molecule has 2 rings (SSSR count). The maximum atomic E-state index is 3.61. The number of thiophene rings is 1. The van der Waals surface area contributed by atoms with E-state index in [1.807, 2.05) is 11.3 Å². The molecule has 3 heteroatoms. The van der Waals surface area contributed by atoms with Crippen LogP contribution < -0.4 is 5.32 Å². The van der Waals surface area contributed by atoms with Crippen molar-refractivity contribution in [2.24, 2.45) is 5.92 Å². The third-order valence-corrected chi connectivity index (χ3v) is 5.76. The van der Waals surface area contributed by atoms with E-state index in [0.29, 0.717) is 6.04 Å². The average Bonchev–Trinajstić information content (AvgIpc) is 2.57. The van der Waals surface area contributed by atoms with Gasteiger partial charge in [-0.2, -0.15) is 0 Å².